The van der Waals surface area contributed by atoms with Gasteiger partial charge < -0.3 is 9.88 Å². The fraction of sp³-hybridized carbons (Fsp3) is 0.765. The van der Waals surface area contributed by atoms with Crippen LogP contribution in [0.5, 0.6) is 0 Å². The highest BCUT2D eigenvalue weighted by Gasteiger charge is 2.39. The minimum absolute atomic E-state index is 0.585. The summed E-state index contributed by atoms with van der Waals surface area (Å²) < 4.78 is 0.789. The molecule has 3 fully saturated rings. The van der Waals surface area contributed by atoms with Gasteiger partial charge in [-0.05, 0) is 57.6 Å². The van der Waals surface area contributed by atoms with Gasteiger partial charge in [-0.2, -0.15) is 0 Å². The third kappa shape index (κ3) is 2.57. The van der Waals surface area contributed by atoms with Gasteiger partial charge in [0.1, 0.15) is 10.5 Å². The van der Waals surface area contributed by atoms with E-state index < -0.39 is 0 Å². The van der Waals surface area contributed by atoms with E-state index in [9.17, 15) is 0 Å². The molecule has 4 rings (SSSR count). The van der Waals surface area contributed by atoms with Crippen molar-refractivity contribution in [1.82, 2.24) is 14.9 Å². The molecule has 2 saturated heterocycles. The number of fused-ring (bicyclic) bond motifs is 2. The van der Waals surface area contributed by atoms with Gasteiger partial charge in [-0.15, -0.1) is 0 Å². The van der Waals surface area contributed by atoms with E-state index in [0.29, 0.717) is 11.8 Å². The van der Waals surface area contributed by atoms with E-state index in [0.717, 1.165) is 16.7 Å². The summed E-state index contributed by atoms with van der Waals surface area (Å²) in [5, 5.41) is 0. The lowest BCUT2D eigenvalue weighted by atomic mass is 9.90. The highest BCUT2D eigenvalue weighted by atomic mass is 32.1. The number of rotatable bonds is 2. The monoisotopic (exact) mass is 303 g/mol. The Hall–Kier alpha value is -0.740. The maximum atomic E-state index is 5.45. The van der Waals surface area contributed by atoms with Gasteiger partial charge in [0.25, 0.3) is 0 Å². The second-order valence-corrected chi connectivity index (χ2v) is 7.68. The smallest absolute Gasteiger partial charge is 0.130 e. The summed E-state index contributed by atoms with van der Waals surface area (Å²) in [6.45, 7) is 0. The molecule has 0 spiro atoms. The highest BCUT2D eigenvalue weighted by molar-refractivity contribution is 7.71. The molecule has 2 atom stereocenters. The fourth-order valence-electron chi connectivity index (χ4n) is 4.78. The molecule has 2 bridgehead atoms. The van der Waals surface area contributed by atoms with Gasteiger partial charge in [0, 0.05) is 23.7 Å². The first kappa shape index (κ1) is 13.9. The number of nitrogens with one attached hydrogen (secondary N) is 1. The predicted octanol–water partition coefficient (Wildman–Crippen LogP) is 4.14. The largest absolute Gasteiger partial charge is 0.347 e. The molecule has 1 aromatic heterocycles. The predicted molar refractivity (Wildman–Crippen MR) is 87.2 cm³/mol. The van der Waals surface area contributed by atoms with Gasteiger partial charge in [0.2, 0.25) is 0 Å². The zero-order valence-electron chi connectivity index (χ0n) is 12.8. The Morgan fingerprint density at radius 1 is 1.10 bits per heavy atom. The van der Waals surface area contributed by atoms with Crippen LogP contribution in [0.1, 0.15) is 74.7 Å². The summed E-state index contributed by atoms with van der Waals surface area (Å²) >= 11 is 5.45. The standard InChI is InChI=1S/C17H25N3S/c1-20-13-6-7-14(20)9-12(8-13)17-18-15(10-16(21)19-17)11-4-2-3-5-11/h10-14H,2-9H2,1H3,(H,18,19,21). The van der Waals surface area contributed by atoms with Crippen molar-refractivity contribution < 1.29 is 0 Å². The van der Waals surface area contributed by atoms with Crippen molar-refractivity contribution in [2.45, 2.75) is 75.3 Å². The Morgan fingerprint density at radius 3 is 2.43 bits per heavy atom. The molecular formula is C17H25N3S. The van der Waals surface area contributed by atoms with Crippen LogP contribution in [0.3, 0.4) is 0 Å². The van der Waals surface area contributed by atoms with E-state index in [4.69, 9.17) is 17.2 Å². The van der Waals surface area contributed by atoms with E-state index in [-0.39, 0.29) is 0 Å². The quantitative estimate of drug-likeness (QED) is 0.833. The van der Waals surface area contributed by atoms with Crippen LogP contribution >= 0.6 is 12.2 Å². The summed E-state index contributed by atoms with van der Waals surface area (Å²) in [7, 11) is 2.29. The van der Waals surface area contributed by atoms with Crippen molar-refractivity contribution in [3.05, 3.63) is 22.2 Å². The number of H-pyrrole nitrogens is 1. The third-order valence-electron chi connectivity index (χ3n) is 6.06. The highest BCUT2D eigenvalue weighted by Crippen LogP contribution is 2.41. The summed E-state index contributed by atoms with van der Waals surface area (Å²) in [4.78, 5) is 11.0. The maximum Gasteiger partial charge on any atom is 0.130 e. The average Bonchev–Trinajstić information content (AvgIpc) is 3.05. The van der Waals surface area contributed by atoms with Crippen molar-refractivity contribution in [1.29, 1.82) is 0 Å². The van der Waals surface area contributed by atoms with Gasteiger partial charge >= 0.3 is 0 Å². The summed E-state index contributed by atoms with van der Waals surface area (Å²) in [5.74, 6) is 2.45. The molecule has 2 unspecified atom stereocenters. The average molecular weight is 303 g/mol. The van der Waals surface area contributed by atoms with Gasteiger partial charge in [-0.1, -0.05) is 25.1 Å². The molecule has 2 aliphatic heterocycles. The minimum atomic E-state index is 0.585. The van der Waals surface area contributed by atoms with Crippen LogP contribution in [0.4, 0.5) is 0 Å². The van der Waals surface area contributed by atoms with Crippen LogP contribution < -0.4 is 0 Å². The van der Waals surface area contributed by atoms with Crippen molar-refractivity contribution in [2.24, 2.45) is 0 Å². The molecule has 114 valence electrons. The second-order valence-electron chi connectivity index (χ2n) is 7.26. The molecule has 0 radical (unpaired) electrons. The molecule has 0 amide bonds. The maximum absolute atomic E-state index is 5.45. The number of aromatic nitrogens is 2. The number of hydrogen-bond donors (Lipinski definition) is 1. The Morgan fingerprint density at radius 2 is 1.76 bits per heavy atom. The Balaban J connectivity index is 1.61. The minimum Gasteiger partial charge on any atom is -0.347 e. The number of piperidine rings is 1. The van der Waals surface area contributed by atoms with E-state index in [2.05, 4.69) is 23.0 Å². The number of hydrogen-bond acceptors (Lipinski definition) is 3. The second kappa shape index (κ2) is 5.47. The number of aromatic amines is 1. The van der Waals surface area contributed by atoms with Crippen LogP contribution in [0, 0.1) is 4.64 Å². The fourth-order valence-corrected chi connectivity index (χ4v) is 5.01. The molecule has 1 aromatic rings. The zero-order chi connectivity index (χ0) is 14.4. The van der Waals surface area contributed by atoms with Gasteiger partial charge in [-0.3, -0.25) is 0 Å². The molecule has 21 heavy (non-hydrogen) atoms. The van der Waals surface area contributed by atoms with Crippen LogP contribution in [0.2, 0.25) is 0 Å². The topological polar surface area (TPSA) is 31.9 Å². The SMILES string of the molecule is CN1C2CCC1CC(c1nc(=S)cc(C3CCCC3)[nH]1)C2. The number of nitrogens with zero attached hydrogens (tertiary/aromatic N) is 2. The zero-order valence-corrected chi connectivity index (χ0v) is 13.7. The first-order valence-corrected chi connectivity index (χ1v) is 8.94. The molecular weight excluding hydrogens is 278 g/mol. The molecule has 3 nitrogen and oxygen atoms in total. The lowest BCUT2D eigenvalue weighted by molar-refractivity contribution is 0.158. The van der Waals surface area contributed by atoms with Crippen LogP contribution in [-0.2, 0) is 0 Å². The van der Waals surface area contributed by atoms with Crippen LogP contribution in [-0.4, -0.2) is 34.0 Å². The van der Waals surface area contributed by atoms with E-state index in [1.807, 2.05) is 0 Å². The van der Waals surface area contributed by atoms with Crippen molar-refractivity contribution in [3.63, 3.8) is 0 Å². The van der Waals surface area contributed by atoms with Crippen molar-refractivity contribution in [2.75, 3.05) is 7.05 Å². The molecule has 3 heterocycles. The lowest BCUT2D eigenvalue weighted by Gasteiger charge is -2.36. The van der Waals surface area contributed by atoms with E-state index >= 15 is 0 Å². The Bertz CT molecular complexity index is 562. The van der Waals surface area contributed by atoms with Gasteiger partial charge in [0.15, 0.2) is 0 Å². The first-order valence-electron chi connectivity index (χ1n) is 8.54. The Kier molecular flexibility index (Phi) is 3.62. The molecule has 0 aromatic carbocycles. The summed E-state index contributed by atoms with van der Waals surface area (Å²) in [6.07, 6.45) is 10.6. The lowest BCUT2D eigenvalue weighted by Crippen LogP contribution is -2.39. The normalized spacial score (nSPS) is 33.7. The molecule has 4 heteroatoms. The van der Waals surface area contributed by atoms with Gasteiger partial charge in [0.05, 0.1) is 0 Å². The van der Waals surface area contributed by atoms with Crippen LogP contribution in [0.25, 0.3) is 0 Å². The van der Waals surface area contributed by atoms with Gasteiger partial charge in [-0.25, -0.2) is 4.98 Å². The van der Waals surface area contributed by atoms with Crippen molar-refractivity contribution >= 4 is 12.2 Å². The Labute approximate surface area is 132 Å². The van der Waals surface area contributed by atoms with Crippen LogP contribution in [0.15, 0.2) is 6.07 Å². The third-order valence-corrected chi connectivity index (χ3v) is 6.27. The summed E-state index contributed by atoms with van der Waals surface area (Å²) in [6, 6.07) is 3.62. The summed E-state index contributed by atoms with van der Waals surface area (Å²) in [5.41, 5.74) is 1.36. The van der Waals surface area contributed by atoms with Crippen molar-refractivity contribution in [3.8, 4) is 0 Å². The molecule has 1 N–H and O–H groups in total. The first-order chi connectivity index (χ1) is 10.2. The molecule has 1 saturated carbocycles. The van der Waals surface area contributed by atoms with E-state index in [1.54, 1.807) is 0 Å². The molecule has 3 aliphatic rings. The molecule has 1 aliphatic carbocycles. The van der Waals surface area contributed by atoms with E-state index in [1.165, 1.54) is 62.9 Å².